The first-order valence-electron chi connectivity index (χ1n) is 7.38. The van der Waals surface area contributed by atoms with Crippen LogP contribution in [0.4, 0.5) is 0 Å². The van der Waals surface area contributed by atoms with Crippen LogP contribution in [-0.4, -0.2) is 28.8 Å². The Morgan fingerprint density at radius 3 is 3.19 bits per heavy atom. The lowest BCUT2D eigenvalue weighted by atomic mass is 10.2. The molecule has 21 heavy (non-hydrogen) atoms. The van der Waals surface area contributed by atoms with Crippen LogP contribution in [0.3, 0.4) is 0 Å². The third-order valence-electron chi connectivity index (χ3n) is 3.72. The Kier molecular flexibility index (Phi) is 4.91. The second kappa shape index (κ2) is 7.07. The number of benzene rings is 1. The fourth-order valence-electron chi connectivity index (χ4n) is 2.63. The van der Waals surface area contributed by atoms with Crippen LogP contribution in [0.15, 0.2) is 36.7 Å². The number of nitrogens with one attached hydrogen (secondary N) is 1. The smallest absolute Gasteiger partial charge is 0.122 e. The lowest BCUT2D eigenvalue weighted by Crippen LogP contribution is -2.27. The first kappa shape index (κ1) is 14.6. The second-order valence-electron chi connectivity index (χ2n) is 5.37. The SMILES string of the molecule is Clc1cccc(Cn2ccnc2CNC[C@H]2CCCO2)c1. The van der Waals surface area contributed by atoms with Crippen LogP contribution in [0, 0.1) is 0 Å². The van der Waals surface area contributed by atoms with Crippen molar-refractivity contribution >= 4 is 11.6 Å². The van der Waals surface area contributed by atoms with Gasteiger partial charge in [0.2, 0.25) is 0 Å². The van der Waals surface area contributed by atoms with Gasteiger partial charge in [0.1, 0.15) is 5.82 Å². The summed E-state index contributed by atoms with van der Waals surface area (Å²) in [6.07, 6.45) is 6.54. The van der Waals surface area contributed by atoms with E-state index in [0.29, 0.717) is 6.10 Å². The summed E-state index contributed by atoms with van der Waals surface area (Å²) < 4.78 is 7.75. The van der Waals surface area contributed by atoms with Gasteiger partial charge < -0.3 is 14.6 Å². The molecule has 1 atom stereocenters. The summed E-state index contributed by atoms with van der Waals surface area (Å²) in [5.74, 6) is 1.04. The first-order valence-corrected chi connectivity index (χ1v) is 7.76. The minimum absolute atomic E-state index is 0.362. The molecule has 0 saturated carbocycles. The van der Waals surface area contributed by atoms with E-state index in [1.807, 2.05) is 30.6 Å². The van der Waals surface area contributed by atoms with Gasteiger partial charge in [-0.25, -0.2) is 4.98 Å². The Balaban J connectivity index is 1.56. The first-order chi connectivity index (χ1) is 10.3. The summed E-state index contributed by atoms with van der Waals surface area (Å²) in [5, 5.41) is 4.20. The molecule has 3 rings (SSSR count). The molecule has 2 aromatic rings. The highest BCUT2D eigenvalue weighted by atomic mass is 35.5. The zero-order valence-corrected chi connectivity index (χ0v) is 12.7. The molecule has 0 radical (unpaired) electrons. The van der Waals surface area contributed by atoms with Crippen molar-refractivity contribution in [2.45, 2.75) is 32.0 Å². The van der Waals surface area contributed by atoms with Gasteiger partial charge >= 0.3 is 0 Å². The van der Waals surface area contributed by atoms with E-state index in [-0.39, 0.29) is 0 Å². The molecule has 0 aliphatic carbocycles. The van der Waals surface area contributed by atoms with E-state index >= 15 is 0 Å². The van der Waals surface area contributed by atoms with E-state index in [1.54, 1.807) is 0 Å². The van der Waals surface area contributed by atoms with Gasteiger partial charge in [0.15, 0.2) is 0 Å². The van der Waals surface area contributed by atoms with Crippen molar-refractivity contribution in [2.75, 3.05) is 13.2 Å². The molecule has 0 spiro atoms. The number of nitrogens with zero attached hydrogens (tertiary/aromatic N) is 2. The maximum atomic E-state index is 6.03. The Bertz CT molecular complexity index is 578. The van der Waals surface area contributed by atoms with Crippen LogP contribution in [0.25, 0.3) is 0 Å². The lowest BCUT2D eigenvalue weighted by Gasteiger charge is -2.12. The van der Waals surface area contributed by atoms with Crippen molar-refractivity contribution in [3.63, 3.8) is 0 Å². The van der Waals surface area contributed by atoms with Crippen LogP contribution < -0.4 is 5.32 Å². The van der Waals surface area contributed by atoms with Gasteiger partial charge in [-0.15, -0.1) is 0 Å². The quantitative estimate of drug-likeness (QED) is 0.892. The highest BCUT2D eigenvalue weighted by Gasteiger charge is 2.14. The van der Waals surface area contributed by atoms with Gasteiger partial charge in [-0.1, -0.05) is 23.7 Å². The minimum Gasteiger partial charge on any atom is -0.377 e. The normalized spacial score (nSPS) is 18.2. The second-order valence-corrected chi connectivity index (χ2v) is 5.80. The molecule has 4 nitrogen and oxygen atoms in total. The van der Waals surface area contributed by atoms with E-state index in [2.05, 4.69) is 20.9 Å². The van der Waals surface area contributed by atoms with Crippen LogP contribution in [-0.2, 0) is 17.8 Å². The average molecular weight is 306 g/mol. The van der Waals surface area contributed by atoms with Crippen LogP contribution in [0.1, 0.15) is 24.2 Å². The average Bonchev–Trinajstić information content (AvgIpc) is 3.12. The number of hydrogen-bond acceptors (Lipinski definition) is 3. The molecule has 0 amide bonds. The zero-order chi connectivity index (χ0) is 14.5. The molecular weight excluding hydrogens is 286 g/mol. The van der Waals surface area contributed by atoms with Crippen LogP contribution >= 0.6 is 11.6 Å². The van der Waals surface area contributed by atoms with E-state index in [0.717, 1.165) is 43.5 Å². The van der Waals surface area contributed by atoms with Gasteiger partial charge in [0.25, 0.3) is 0 Å². The predicted octanol–water partition coefficient (Wildman–Crippen LogP) is 2.85. The molecule has 0 bridgehead atoms. The molecule has 1 N–H and O–H groups in total. The number of rotatable bonds is 6. The molecule has 1 aliphatic heterocycles. The summed E-state index contributed by atoms with van der Waals surface area (Å²) in [7, 11) is 0. The Morgan fingerprint density at radius 2 is 2.38 bits per heavy atom. The fourth-order valence-corrected chi connectivity index (χ4v) is 2.85. The van der Waals surface area contributed by atoms with Gasteiger partial charge in [-0.3, -0.25) is 0 Å². The largest absolute Gasteiger partial charge is 0.377 e. The third kappa shape index (κ3) is 4.06. The molecule has 1 aliphatic rings. The molecule has 5 heteroatoms. The zero-order valence-electron chi connectivity index (χ0n) is 12.0. The van der Waals surface area contributed by atoms with Gasteiger partial charge in [-0.05, 0) is 30.5 Å². The molecule has 1 saturated heterocycles. The predicted molar refractivity (Wildman–Crippen MR) is 83.5 cm³/mol. The Labute approximate surface area is 130 Å². The number of hydrogen-bond donors (Lipinski definition) is 1. The van der Waals surface area contributed by atoms with Crippen molar-refractivity contribution < 1.29 is 4.74 Å². The molecule has 112 valence electrons. The van der Waals surface area contributed by atoms with E-state index in [1.165, 1.54) is 12.0 Å². The van der Waals surface area contributed by atoms with E-state index in [4.69, 9.17) is 16.3 Å². The third-order valence-corrected chi connectivity index (χ3v) is 3.96. The van der Waals surface area contributed by atoms with Crippen molar-refractivity contribution in [1.29, 1.82) is 0 Å². The lowest BCUT2D eigenvalue weighted by molar-refractivity contribution is 0.109. The molecule has 1 aromatic carbocycles. The number of imidazole rings is 1. The highest BCUT2D eigenvalue weighted by molar-refractivity contribution is 6.30. The van der Waals surface area contributed by atoms with Crippen molar-refractivity contribution in [3.8, 4) is 0 Å². The van der Waals surface area contributed by atoms with Crippen molar-refractivity contribution in [3.05, 3.63) is 53.1 Å². The fraction of sp³-hybridized carbons (Fsp3) is 0.438. The standard InChI is InChI=1S/C16H20ClN3O/c17-14-4-1-3-13(9-14)12-20-7-6-19-16(20)11-18-10-15-5-2-8-21-15/h1,3-4,6-7,9,15,18H,2,5,8,10-12H2/t15-/m1/s1. The van der Waals surface area contributed by atoms with Gasteiger partial charge in [-0.2, -0.15) is 0 Å². The summed E-state index contributed by atoms with van der Waals surface area (Å²) in [5.41, 5.74) is 1.18. The maximum absolute atomic E-state index is 6.03. The van der Waals surface area contributed by atoms with Crippen LogP contribution in [0.2, 0.25) is 5.02 Å². The summed E-state index contributed by atoms with van der Waals surface area (Å²) in [6.45, 7) is 3.34. The molecule has 1 fully saturated rings. The van der Waals surface area contributed by atoms with Gasteiger partial charge in [0, 0.05) is 37.1 Å². The Hall–Kier alpha value is -1.36. The summed E-state index contributed by atoms with van der Waals surface area (Å²) >= 11 is 6.03. The number of aromatic nitrogens is 2. The number of ether oxygens (including phenoxy) is 1. The Morgan fingerprint density at radius 1 is 1.43 bits per heavy atom. The highest BCUT2D eigenvalue weighted by Crippen LogP contribution is 2.13. The minimum atomic E-state index is 0.362. The topological polar surface area (TPSA) is 39.1 Å². The van der Waals surface area contributed by atoms with Crippen molar-refractivity contribution in [2.24, 2.45) is 0 Å². The van der Waals surface area contributed by atoms with Crippen LogP contribution in [0.5, 0.6) is 0 Å². The van der Waals surface area contributed by atoms with Crippen molar-refractivity contribution in [1.82, 2.24) is 14.9 Å². The molecule has 2 heterocycles. The molecule has 1 aromatic heterocycles. The number of halogens is 1. The van der Waals surface area contributed by atoms with Gasteiger partial charge in [0.05, 0.1) is 12.6 Å². The summed E-state index contributed by atoms with van der Waals surface area (Å²) in [4.78, 5) is 4.43. The molecular formula is C16H20ClN3O. The monoisotopic (exact) mass is 305 g/mol. The molecule has 0 unspecified atom stereocenters. The van der Waals surface area contributed by atoms with E-state index < -0.39 is 0 Å². The summed E-state index contributed by atoms with van der Waals surface area (Å²) in [6, 6.07) is 7.94. The maximum Gasteiger partial charge on any atom is 0.122 e. The van der Waals surface area contributed by atoms with E-state index in [9.17, 15) is 0 Å².